The number of hydrogen-bond donors (Lipinski definition) is 2. The molecule has 0 spiro atoms. The fourth-order valence-electron chi connectivity index (χ4n) is 1.58. The minimum atomic E-state index is -0.834. The zero-order chi connectivity index (χ0) is 14.3. The molecule has 0 atom stereocenters. The Morgan fingerprint density at radius 3 is 2.68 bits per heavy atom. The lowest BCUT2D eigenvalue weighted by Crippen LogP contribution is -2.35. The van der Waals surface area contributed by atoms with Crippen molar-refractivity contribution in [3.05, 3.63) is 11.1 Å². The van der Waals surface area contributed by atoms with Gasteiger partial charge in [-0.05, 0) is 13.8 Å². The summed E-state index contributed by atoms with van der Waals surface area (Å²) in [5.41, 5.74) is 0.741. The van der Waals surface area contributed by atoms with E-state index in [1.165, 1.54) is 11.3 Å². The summed E-state index contributed by atoms with van der Waals surface area (Å²) in [5, 5.41) is 14.0. The summed E-state index contributed by atoms with van der Waals surface area (Å²) in [4.78, 5) is 28.2. The number of amides is 1. The third-order valence-corrected chi connectivity index (χ3v) is 3.50. The largest absolute Gasteiger partial charge is 0.481 e. The highest BCUT2D eigenvalue weighted by Crippen LogP contribution is 2.16. The third kappa shape index (κ3) is 5.25. The number of rotatable bonds is 8. The molecule has 0 unspecified atom stereocenters. The SMILES string of the molecule is CCN(CC)C(=O)CNc1nc(CCC(=O)O)cs1. The number of nitrogens with one attached hydrogen (secondary N) is 1. The van der Waals surface area contributed by atoms with E-state index in [-0.39, 0.29) is 18.9 Å². The number of carboxylic acid groups (broad SMARTS) is 1. The minimum Gasteiger partial charge on any atom is -0.481 e. The molecule has 1 rings (SSSR count). The number of likely N-dealkylation sites (N-methyl/N-ethyl adjacent to an activating group) is 1. The molecule has 0 fully saturated rings. The summed E-state index contributed by atoms with van der Waals surface area (Å²) in [6.07, 6.45) is 0.485. The number of carbonyl (C=O) groups excluding carboxylic acids is 1. The highest BCUT2D eigenvalue weighted by molar-refractivity contribution is 7.13. The number of hydrogen-bond acceptors (Lipinski definition) is 5. The monoisotopic (exact) mass is 285 g/mol. The number of aromatic nitrogens is 1. The first kappa shape index (κ1) is 15.4. The lowest BCUT2D eigenvalue weighted by atomic mass is 10.2. The van der Waals surface area contributed by atoms with Crippen molar-refractivity contribution in [2.24, 2.45) is 0 Å². The van der Waals surface area contributed by atoms with Crippen molar-refractivity contribution < 1.29 is 14.7 Å². The van der Waals surface area contributed by atoms with Gasteiger partial charge in [0.25, 0.3) is 0 Å². The van der Waals surface area contributed by atoms with Crippen LogP contribution < -0.4 is 5.32 Å². The van der Waals surface area contributed by atoms with Crippen molar-refractivity contribution in [2.45, 2.75) is 26.7 Å². The number of aryl methyl sites for hydroxylation is 1. The lowest BCUT2D eigenvalue weighted by Gasteiger charge is -2.18. The molecular formula is C12H19N3O3S. The number of thiazole rings is 1. The van der Waals surface area contributed by atoms with E-state index in [9.17, 15) is 9.59 Å². The van der Waals surface area contributed by atoms with Crippen LogP contribution in [0.25, 0.3) is 0 Å². The number of anilines is 1. The van der Waals surface area contributed by atoms with Crippen LogP contribution in [-0.4, -0.2) is 46.5 Å². The van der Waals surface area contributed by atoms with Crippen LogP contribution in [0.3, 0.4) is 0 Å². The predicted octanol–water partition coefficient (Wildman–Crippen LogP) is 1.44. The topological polar surface area (TPSA) is 82.5 Å². The highest BCUT2D eigenvalue weighted by Gasteiger charge is 2.10. The first-order valence-electron chi connectivity index (χ1n) is 6.24. The van der Waals surface area contributed by atoms with Gasteiger partial charge in [-0.25, -0.2) is 4.98 Å². The average molecular weight is 285 g/mol. The maximum absolute atomic E-state index is 11.8. The van der Waals surface area contributed by atoms with Gasteiger partial charge in [-0.1, -0.05) is 0 Å². The Labute approximate surface area is 116 Å². The fourth-order valence-corrected chi connectivity index (χ4v) is 2.32. The molecule has 0 bridgehead atoms. The molecule has 0 saturated carbocycles. The molecule has 0 aromatic carbocycles. The first-order valence-corrected chi connectivity index (χ1v) is 7.12. The van der Waals surface area contributed by atoms with Crippen molar-refractivity contribution in [3.63, 3.8) is 0 Å². The molecule has 6 nitrogen and oxygen atoms in total. The Morgan fingerprint density at radius 1 is 1.42 bits per heavy atom. The fraction of sp³-hybridized carbons (Fsp3) is 0.583. The highest BCUT2D eigenvalue weighted by atomic mass is 32.1. The second kappa shape index (κ2) is 7.73. The van der Waals surface area contributed by atoms with Gasteiger partial charge in [0.2, 0.25) is 5.91 Å². The zero-order valence-electron chi connectivity index (χ0n) is 11.2. The van der Waals surface area contributed by atoms with Crippen molar-refractivity contribution >= 4 is 28.3 Å². The van der Waals surface area contributed by atoms with E-state index in [0.29, 0.717) is 24.6 Å². The molecule has 7 heteroatoms. The Balaban J connectivity index is 2.41. The molecule has 0 aliphatic carbocycles. The van der Waals surface area contributed by atoms with E-state index >= 15 is 0 Å². The van der Waals surface area contributed by atoms with Gasteiger partial charge < -0.3 is 15.3 Å². The third-order valence-electron chi connectivity index (χ3n) is 2.65. The quantitative estimate of drug-likeness (QED) is 0.755. The molecule has 2 N–H and O–H groups in total. The minimum absolute atomic E-state index is 0.0345. The Morgan fingerprint density at radius 2 is 2.11 bits per heavy atom. The van der Waals surface area contributed by atoms with Crippen LogP contribution in [0.15, 0.2) is 5.38 Å². The molecule has 1 amide bonds. The Kier molecular flexibility index (Phi) is 6.27. The molecular weight excluding hydrogens is 266 g/mol. The lowest BCUT2D eigenvalue weighted by molar-refractivity contribution is -0.137. The summed E-state index contributed by atoms with van der Waals surface area (Å²) in [7, 11) is 0. The Bertz CT molecular complexity index is 430. The van der Waals surface area contributed by atoms with Crippen molar-refractivity contribution in [3.8, 4) is 0 Å². The molecule has 19 heavy (non-hydrogen) atoms. The van der Waals surface area contributed by atoms with Crippen LogP contribution in [0.1, 0.15) is 26.0 Å². The normalized spacial score (nSPS) is 10.2. The van der Waals surface area contributed by atoms with E-state index in [1.54, 1.807) is 4.90 Å². The summed E-state index contributed by atoms with van der Waals surface area (Å²) >= 11 is 1.38. The summed E-state index contributed by atoms with van der Waals surface area (Å²) < 4.78 is 0. The zero-order valence-corrected chi connectivity index (χ0v) is 12.0. The van der Waals surface area contributed by atoms with Gasteiger partial charge in [0.1, 0.15) is 0 Å². The second-order valence-corrected chi connectivity index (χ2v) is 4.82. The van der Waals surface area contributed by atoms with E-state index in [1.807, 2.05) is 19.2 Å². The molecule has 1 aromatic rings. The second-order valence-electron chi connectivity index (χ2n) is 3.96. The molecule has 1 heterocycles. The molecule has 1 aromatic heterocycles. The standard InChI is InChI=1S/C12H19N3O3S/c1-3-15(4-2)10(16)7-13-12-14-9(8-19-12)5-6-11(17)18/h8H,3-7H2,1-2H3,(H,13,14)(H,17,18). The van der Waals surface area contributed by atoms with Crippen LogP contribution in [-0.2, 0) is 16.0 Å². The van der Waals surface area contributed by atoms with Gasteiger partial charge in [0.15, 0.2) is 5.13 Å². The summed E-state index contributed by atoms with van der Waals surface area (Å²) in [5.74, 6) is -0.800. The van der Waals surface area contributed by atoms with E-state index in [4.69, 9.17) is 5.11 Å². The molecule has 106 valence electrons. The first-order chi connectivity index (χ1) is 9.06. The average Bonchev–Trinajstić information content (AvgIpc) is 2.83. The van der Waals surface area contributed by atoms with Crippen LogP contribution >= 0.6 is 11.3 Å². The molecule has 0 aliphatic rings. The van der Waals surface area contributed by atoms with Gasteiger partial charge in [0.05, 0.1) is 18.7 Å². The molecule has 0 aliphatic heterocycles. The van der Waals surface area contributed by atoms with Crippen LogP contribution in [0.2, 0.25) is 0 Å². The number of aliphatic carboxylic acids is 1. The number of nitrogens with zero attached hydrogens (tertiary/aromatic N) is 2. The summed E-state index contributed by atoms with van der Waals surface area (Å²) in [6, 6.07) is 0. The van der Waals surface area contributed by atoms with Gasteiger partial charge in [-0.15, -0.1) is 11.3 Å². The smallest absolute Gasteiger partial charge is 0.303 e. The van der Waals surface area contributed by atoms with Crippen LogP contribution in [0.5, 0.6) is 0 Å². The molecule has 0 radical (unpaired) electrons. The summed E-state index contributed by atoms with van der Waals surface area (Å²) in [6.45, 7) is 5.48. The van der Waals surface area contributed by atoms with E-state index in [0.717, 1.165) is 5.69 Å². The number of carboxylic acids is 1. The van der Waals surface area contributed by atoms with E-state index < -0.39 is 5.97 Å². The van der Waals surface area contributed by atoms with Crippen molar-refractivity contribution in [1.29, 1.82) is 0 Å². The van der Waals surface area contributed by atoms with Crippen molar-refractivity contribution in [2.75, 3.05) is 25.0 Å². The van der Waals surface area contributed by atoms with Gasteiger partial charge in [-0.3, -0.25) is 9.59 Å². The van der Waals surface area contributed by atoms with Gasteiger partial charge in [-0.2, -0.15) is 0 Å². The van der Waals surface area contributed by atoms with E-state index in [2.05, 4.69) is 10.3 Å². The molecule has 0 saturated heterocycles. The Hall–Kier alpha value is -1.63. The van der Waals surface area contributed by atoms with Crippen molar-refractivity contribution in [1.82, 2.24) is 9.88 Å². The maximum atomic E-state index is 11.8. The number of carbonyl (C=O) groups is 2. The predicted molar refractivity (Wildman–Crippen MR) is 74.5 cm³/mol. The van der Waals surface area contributed by atoms with Crippen LogP contribution in [0.4, 0.5) is 5.13 Å². The van der Waals surface area contributed by atoms with Crippen LogP contribution in [0, 0.1) is 0 Å². The van der Waals surface area contributed by atoms with Gasteiger partial charge >= 0.3 is 5.97 Å². The van der Waals surface area contributed by atoms with Gasteiger partial charge in [0, 0.05) is 24.9 Å². The maximum Gasteiger partial charge on any atom is 0.303 e.